The lowest BCUT2D eigenvalue weighted by Crippen LogP contribution is -2.47. The standard InChI is InChI=1S/C18H25N7O/c1-14-3-4-16(22-21-14)23-5-7-24(8-6-23)17-13-15(2)19-18(20-17)25-9-11-26-12-10-25/h3-4,13H,5-12H2,1-2H3. The third-order valence-electron chi connectivity index (χ3n) is 4.83. The molecule has 2 saturated heterocycles. The van der Waals surface area contributed by atoms with E-state index < -0.39 is 0 Å². The Kier molecular flexibility index (Phi) is 4.83. The number of anilines is 3. The first kappa shape index (κ1) is 17.0. The number of piperazine rings is 1. The molecule has 2 fully saturated rings. The lowest BCUT2D eigenvalue weighted by atomic mass is 10.3. The van der Waals surface area contributed by atoms with Crippen LogP contribution in [0.4, 0.5) is 17.6 Å². The first-order valence-electron chi connectivity index (χ1n) is 9.18. The van der Waals surface area contributed by atoms with E-state index in [4.69, 9.17) is 9.72 Å². The van der Waals surface area contributed by atoms with Crippen LogP contribution in [-0.2, 0) is 4.74 Å². The van der Waals surface area contributed by atoms with Crippen LogP contribution in [-0.4, -0.2) is 72.6 Å². The zero-order chi connectivity index (χ0) is 17.9. The quantitative estimate of drug-likeness (QED) is 0.809. The van der Waals surface area contributed by atoms with Gasteiger partial charge in [-0.25, -0.2) is 4.98 Å². The van der Waals surface area contributed by atoms with Crippen LogP contribution in [0.2, 0.25) is 0 Å². The van der Waals surface area contributed by atoms with Crippen molar-refractivity contribution in [3.63, 3.8) is 0 Å². The molecule has 0 bridgehead atoms. The number of hydrogen-bond acceptors (Lipinski definition) is 8. The first-order chi connectivity index (χ1) is 12.7. The summed E-state index contributed by atoms with van der Waals surface area (Å²) in [5.41, 5.74) is 1.95. The smallest absolute Gasteiger partial charge is 0.227 e. The minimum absolute atomic E-state index is 0.739. The Morgan fingerprint density at radius 3 is 2.08 bits per heavy atom. The Balaban J connectivity index is 1.45. The zero-order valence-corrected chi connectivity index (χ0v) is 15.4. The van der Waals surface area contributed by atoms with Crippen LogP contribution in [0.15, 0.2) is 18.2 Å². The highest BCUT2D eigenvalue weighted by Gasteiger charge is 2.21. The van der Waals surface area contributed by atoms with E-state index in [1.54, 1.807) is 0 Å². The number of aryl methyl sites for hydroxylation is 2. The van der Waals surface area contributed by atoms with Crippen LogP contribution in [0.25, 0.3) is 0 Å². The number of rotatable bonds is 3. The van der Waals surface area contributed by atoms with E-state index in [1.165, 1.54) is 0 Å². The molecule has 138 valence electrons. The van der Waals surface area contributed by atoms with Gasteiger partial charge in [-0.2, -0.15) is 10.1 Å². The van der Waals surface area contributed by atoms with Gasteiger partial charge >= 0.3 is 0 Å². The van der Waals surface area contributed by atoms with Crippen LogP contribution in [0.1, 0.15) is 11.4 Å². The fourth-order valence-electron chi connectivity index (χ4n) is 3.33. The van der Waals surface area contributed by atoms with Crippen LogP contribution in [0.3, 0.4) is 0 Å². The van der Waals surface area contributed by atoms with Gasteiger partial charge in [0.05, 0.1) is 18.9 Å². The fourth-order valence-corrected chi connectivity index (χ4v) is 3.33. The van der Waals surface area contributed by atoms with Gasteiger partial charge in [0.15, 0.2) is 5.82 Å². The number of hydrogen-bond donors (Lipinski definition) is 0. The minimum atomic E-state index is 0.739. The molecule has 0 atom stereocenters. The summed E-state index contributed by atoms with van der Waals surface area (Å²) in [5.74, 6) is 2.77. The molecule has 2 aliphatic heterocycles. The summed E-state index contributed by atoms with van der Waals surface area (Å²) >= 11 is 0. The Morgan fingerprint density at radius 2 is 1.42 bits per heavy atom. The number of morpholine rings is 1. The highest BCUT2D eigenvalue weighted by Crippen LogP contribution is 2.21. The second kappa shape index (κ2) is 7.41. The molecule has 0 saturated carbocycles. The van der Waals surface area contributed by atoms with E-state index in [0.717, 1.165) is 81.5 Å². The third-order valence-corrected chi connectivity index (χ3v) is 4.83. The molecule has 0 aliphatic carbocycles. The molecule has 2 aromatic heterocycles. The van der Waals surface area contributed by atoms with E-state index in [2.05, 4.69) is 35.9 Å². The second-order valence-electron chi connectivity index (χ2n) is 6.77. The molecule has 0 N–H and O–H groups in total. The average Bonchev–Trinajstić information content (AvgIpc) is 2.69. The summed E-state index contributed by atoms with van der Waals surface area (Å²) in [7, 11) is 0. The van der Waals surface area contributed by atoms with E-state index in [-0.39, 0.29) is 0 Å². The maximum atomic E-state index is 5.44. The van der Waals surface area contributed by atoms with Gasteiger partial charge in [-0.15, -0.1) is 5.10 Å². The van der Waals surface area contributed by atoms with E-state index in [9.17, 15) is 0 Å². The Bertz CT molecular complexity index is 738. The van der Waals surface area contributed by atoms with Crippen molar-refractivity contribution in [2.75, 3.05) is 67.2 Å². The van der Waals surface area contributed by atoms with Gasteiger partial charge in [-0.1, -0.05) is 0 Å². The molecule has 4 rings (SSSR count). The van der Waals surface area contributed by atoms with Gasteiger partial charge in [0.1, 0.15) is 5.82 Å². The summed E-state index contributed by atoms with van der Waals surface area (Å²) < 4.78 is 5.44. The van der Waals surface area contributed by atoms with Gasteiger partial charge in [-0.05, 0) is 26.0 Å². The third kappa shape index (κ3) is 3.70. The van der Waals surface area contributed by atoms with Gasteiger partial charge in [0.2, 0.25) is 5.95 Å². The molecule has 0 amide bonds. The van der Waals surface area contributed by atoms with Crippen molar-refractivity contribution >= 4 is 17.6 Å². The summed E-state index contributed by atoms with van der Waals surface area (Å²) in [4.78, 5) is 16.3. The molecule has 4 heterocycles. The monoisotopic (exact) mass is 355 g/mol. The predicted octanol–water partition coefficient (Wildman–Crippen LogP) is 1.05. The number of aromatic nitrogens is 4. The molecule has 0 aromatic carbocycles. The van der Waals surface area contributed by atoms with Crippen molar-refractivity contribution in [3.05, 3.63) is 29.6 Å². The van der Waals surface area contributed by atoms with Gasteiger partial charge in [0, 0.05) is 51.0 Å². The minimum Gasteiger partial charge on any atom is -0.378 e. The molecule has 0 spiro atoms. The SMILES string of the molecule is Cc1ccc(N2CCN(c3cc(C)nc(N4CCOCC4)n3)CC2)nn1. The topological polar surface area (TPSA) is 70.5 Å². The van der Waals surface area contributed by atoms with Crippen molar-refractivity contribution in [1.29, 1.82) is 0 Å². The van der Waals surface area contributed by atoms with Gasteiger partial charge in [-0.3, -0.25) is 0 Å². The first-order valence-corrected chi connectivity index (χ1v) is 9.18. The molecule has 8 nitrogen and oxygen atoms in total. The Hall–Kier alpha value is -2.48. The fraction of sp³-hybridized carbons (Fsp3) is 0.556. The largest absolute Gasteiger partial charge is 0.378 e. The second-order valence-corrected chi connectivity index (χ2v) is 6.77. The summed E-state index contributed by atoms with van der Waals surface area (Å²) in [6, 6.07) is 6.13. The van der Waals surface area contributed by atoms with Crippen molar-refractivity contribution in [1.82, 2.24) is 20.2 Å². The van der Waals surface area contributed by atoms with Crippen molar-refractivity contribution in [3.8, 4) is 0 Å². The van der Waals surface area contributed by atoms with E-state index in [1.807, 2.05) is 26.0 Å². The molecule has 0 radical (unpaired) electrons. The lowest BCUT2D eigenvalue weighted by Gasteiger charge is -2.36. The van der Waals surface area contributed by atoms with Gasteiger partial charge < -0.3 is 19.4 Å². The van der Waals surface area contributed by atoms with Crippen LogP contribution in [0.5, 0.6) is 0 Å². The van der Waals surface area contributed by atoms with E-state index >= 15 is 0 Å². The zero-order valence-electron chi connectivity index (χ0n) is 15.4. The Labute approximate surface area is 153 Å². The van der Waals surface area contributed by atoms with Crippen LogP contribution in [0, 0.1) is 13.8 Å². The normalized spacial score (nSPS) is 18.3. The molecule has 0 unspecified atom stereocenters. The van der Waals surface area contributed by atoms with Crippen molar-refractivity contribution in [2.24, 2.45) is 0 Å². The highest BCUT2D eigenvalue weighted by atomic mass is 16.5. The molecule has 26 heavy (non-hydrogen) atoms. The number of nitrogens with zero attached hydrogens (tertiary/aromatic N) is 7. The molecule has 8 heteroatoms. The average molecular weight is 355 g/mol. The number of ether oxygens (including phenoxy) is 1. The maximum absolute atomic E-state index is 5.44. The summed E-state index contributed by atoms with van der Waals surface area (Å²) in [5, 5.41) is 8.47. The molecule has 2 aromatic rings. The lowest BCUT2D eigenvalue weighted by molar-refractivity contribution is 0.122. The summed E-state index contributed by atoms with van der Waals surface area (Å²) in [6.07, 6.45) is 0. The van der Waals surface area contributed by atoms with Crippen LogP contribution < -0.4 is 14.7 Å². The maximum Gasteiger partial charge on any atom is 0.227 e. The van der Waals surface area contributed by atoms with Crippen LogP contribution >= 0.6 is 0 Å². The molecule has 2 aliphatic rings. The van der Waals surface area contributed by atoms with Gasteiger partial charge in [0.25, 0.3) is 0 Å². The predicted molar refractivity (Wildman–Crippen MR) is 101 cm³/mol. The van der Waals surface area contributed by atoms with Crippen molar-refractivity contribution < 1.29 is 4.74 Å². The van der Waals surface area contributed by atoms with Crippen molar-refractivity contribution in [2.45, 2.75) is 13.8 Å². The van der Waals surface area contributed by atoms with E-state index in [0.29, 0.717) is 0 Å². The highest BCUT2D eigenvalue weighted by molar-refractivity contribution is 5.48. The molecular weight excluding hydrogens is 330 g/mol. The summed E-state index contributed by atoms with van der Waals surface area (Å²) in [6.45, 7) is 10.8. The molecular formula is C18H25N7O. The Morgan fingerprint density at radius 1 is 0.731 bits per heavy atom.